The smallest absolute Gasteiger partial charge is 0.411 e. The molecule has 4 rings (SSSR count). The molecule has 9 heteroatoms. The van der Waals surface area contributed by atoms with E-state index >= 15 is 0 Å². The Morgan fingerprint density at radius 1 is 1.05 bits per heavy atom. The van der Waals surface area contributed by atoms with Crippen LogP contribution in [0, 0.1) is 17.5 Å². The van der Waals surface area contributed by atoms with E-state index in [0.29, 0.717) is 24.1 Å². The fourth-order valence-electron chi connectivity index (χ4n) is 4.52. The summed E-state index contributed by atoms with van der Waals surface area (Å²) in [5.74, 6) is -1.72. The molecule has 37 heavy (non-hydrogen) atoms. The maximum atomic E-state index is 14.2. The molecule has 1 aliphatic rings. The third kappa shape index (κ3) is 5.71. The standard InChI is InChI=1S/C28H27F3N2O4/c1-18(19-3-5-20(6-4-19)24-12-11-23(30)17-25(24)31)33-15-13-28(37-27(33)35,14-16-36-26(34)32-2)21-7-9-22(29)10-8-21/h3-12,17-18H,13-16H2,1-2H3,(H,32,34). The molecule has 194 valence electrons. The highest BCUT2D eigenvalue weighted by atomic mass is 19.1. The number of hydrogen-bond donors (Lipinski definition) is 1. The Hall–Kier alpha value is -4.01. The van der Waals surface area contributed by atoms with Gasteiger partial charge in [-0.2, -0.15) is 0 Å². The lowest BCUT2D eigenvalue weighted by Crippen LogP contribution is -2.49. The van der Waals surface area contributed by atoms with Crippen LogP contribution in [0.15, 0.2) is 66.7 Å². The van der Waals surface area contributed by atoms with E-state index in [-0.39, 0.29) is 24.6 Å². The lowest BCUT2D eigenvalue weighted by atomic mass is 9.85. The van der Waals surface area contributed by atoms with Crippen LogP contribution in [0.2, 0.25) is 0 Å². The first-order valence-corrected chi connectivity index (χ1v) is 11.9. The minimum absolute atomic E-state index is 0.00128. The van der Waals surface area contributed by atoms with E-state index in [1.807, 2.05) is 6.92 Å². The number of halogens is 3. The van der Waals surface area contributed by atoms with Crippen LogP contribution in [0.25, 0.3) is 11.1 Å². The number of rotatable bonds is 7. The maximum Gasteiger partial charge on any atom is 0.411 e. The lowest BCUT2D eigenvalue weighted by molar-refractivity contribution is -0.0723. The van der Waals surface area contributed by atoms with Crippen LogP contribution in [0.3, 0.4) is 0 Å². The topological polar surface area (TPSA) is 67.9 Å². The summed E-state index contributed by atoms with van der Waals surface area (Å²) >= 11 is 0. The van der Waals surface area contributed by atoms with Crippen molar-refractivity contribution in [3.05, 3.63) is 95.3 Å². The number of nitrogens with zero attached hydrogens (tertiary/aromatic N) is 1. The average molecular weight is 513 g/mol. The average Bonchev–Trinajstić information content (AvgIpc) is 2.89. The van der Waals surface area contributed by atoms with Crippen LogP contribution in [0.4, 0.5) is 22.8 Å². The summed E-state index contributed by atoms with van der Waals surface area (Å²) in [5.41, 5.74) is 1.20. The van der Waals surface area contributed by atoms with Crippen LogP contribution >= 0.6 is 0 Å². The fraction of sp³-hybridized carbons (Fsp3) is 0.286. The van der Waals surface area contributed by atoms with E-state index in [2.05, 4.69) is 5.32 Å². The monoisotopic (exact) mass is 512 g/mol. The fourth-order valence-corrected chi connectivity index (χ4v) is 4.52. The second-order valence-electron chi connectivity index (χ2n) is 8.87. The van der Waals surface area contributed by atoms with Crippen molar-refractivity contribution in [1.29, 1.82) is 0 Å². The number of carbonyl (C=O) groups excluding carboxylic acids is 2. The molecule has 1 N–H and O–H groups in total. The van der Waals surface area contributed by atoms with Gasteiger partial charge in [0.25, 0.3) is 0 Å². The highest BCUT2D eigenvalue weighted by Crippen LogP contribution is 2.40. The van der Waals surface area contributed by atoms with E-state index in [1.165, 1.54) is 31.3 Å². The van der Waals surface area contributed by atoms with E-state index in [9.17, 15) is 22.8 Å². The van der Waals surface area contributed by atoms with Crippen molar-refractivity contribution in [2.45, 2.75) is 31.4 Å². The predicted octanol–water partition coefficient (Wildman–Crippen LogP) is 6.32. The number of amides is 2. The molecular weight excluding hydrogens is 485 g/mol. The molecule has 1 aliphatic heterocycles. The number of hydrogen-bond acceptors (Lipinski definition) is 4. The van der Waals surface area contributed by atoms with Crippen LogP contribution in [-0.2, 0) is 15.1 Å². The molecule has 6 nitrogen and oxygen atoms in total. The zero-order valence-corrected chi connectivity index (χ0v) is 20.5. The van der Waals surface area contributed by atoms with Gasteiger partial charge in [-0.05, 0) is 47.9 Å². The molecule has 0 spiro atoms. The van der Waals surface area contributed by atoms with E-state index in [4.69, 9.17) is 9.47 Å². The Morgan fingerprint density at radius 2 is 1.73 bits per heavy atom. The van der Waals surface area contributed by atoms with Crippen LogP contribution in [0.5, 0.6) is 0 Å². The highest BCUT2D eigenvalue weighted by molar-refractivity contribution is 5.71. The SMILES string of the molecule is CNC(=O)OCCC1(c2ccc(F)cc2)CCN(C(C)c2ccc(-c3ccc(F)cc3F)cc2)C(=O)O1. The number of alkyl carbamates (subject to hydrolysis) is 1. The number of carbonyl (C=O) groups is 2. The Balaban J connectivity index is 1.51. The molecule has 2 amide bonds. The van der Waals surface area contributed by atoms with Crippen molar-refractivity contribution in [2.24, 2.45) is 0 Å². The summed E-state index contributed by atoms with van der Waals surface area (Å²) < 4.78 is 52.1. The van der Waals surface area contributed by atoms with Crippen LogP contribution in [0.1, 0.15) is 36.9 Å². The summed E-state index contributed by atoms with van der Waals surface area (Å²) in [5, 5.41) is 2.37. The summed E-state index contributed by atoms with van der Waals surface area (Å²) in [6.07, 6.45) is -0.560. The third-order valence-corrected chi connectivity index (χ3v) is 6.69. The van der Waals surface area contributed by atoms with Crippen molar-refractivity contribution in [2.75, 3.05) is 20.2 Å². The molecule has 0 saturated carbocycles. The van der Waals surface area contributed by atoms with Gasteiger partial charge in [-0.3, -0.25) is 0 Å². The molecule has 3 aromatic rings. The van der Waals surface area contributed by atoms with Gasteiger partial charge in [-0.1, -0.05) is 36.4 Å². The first kappa shape index (κ1) is 26.1. The molecule has 3 aromatic carbocycles. The molecule has 0 radical (unpaired) electrons. The number of ether oxygens (including phenoxy) is 2. The molecule has 2 atom stereocenters. The van der Waals surface area contributed by atoms with Gasteiger partial charge in [0.1, 0.15) is 23.1 Å². The summed E-state index contributed by atoms with van der Waals surface area (Å²) in [4.78, 5) is 26.3. The maximum absolute atomic E-state index is 14.2. The molecule has 1 heterocycles. The highest BCUT2D eigenvalue weighted by Gasteiger charge is 2.43. The number of benzene rings is 3. The van der Waals surface area contributed by atoms with Gasteiger partial charge in [-0.15, -0.1) is 0 Å². The van der Waals surface area contributed by atoms with Gasteiger partial charge >= 0.3 is 12.2 Å². The molecule has 2 unspecified atom stereocenters. The first-order chi connectivity index (χ1) is 17.7. The second kappa shape index (κ2) is 10.9. The normalized spacial score (nSPS) is 18.2. The minimum Gasteiger partial charge on any atom is -0.449 e. The Bertz CT molecular complexity index is 1270. The largest absolute Gasteiger partial charge is 0.449 e. The van der Waals surface area contributed by atoms with E-state index in [0.717, 1.165) is 11.6 Å². The van der Waals surface area contributed by atoms with Gasteiger partial charge < -0.3 is 19.7 Å². The number of nitrogens with one attached hydrogen (secondary N) is 1. The van der Waals surface area contributed by atoms with E-state index < -0.39 is 35.2 Å². The Labute approximate surface area is 213 Å². The summed E-state index contributed by atoms with van der Waals surface area (Å²) in [6.45, 7) is 2.20. The lowest BCUT2D eigenvalue weighted by Gasteiger charge is -2.43. The molecule has 0 bridgehead atoms. The van der Waals surface area contributed by atoms with Gasteiger partial charge in [0.05, 0.1) is 12.6 Å². The number of cyclic esters (lactones) is 1. The molecule has 1 fully saturated rings. The van der Waals surface area contributed by atoms with Crippen molar-refractivity contribution < 1.29 is 32.2 Å². The van der Waals surface area contributed by atoms with Gasteiger partial charge in [0.15, 0.2) is 0 Å². The minimum atomic E-state index is -1.08. The molecule has 0 aromatic heterocycles. The second-order valence-corrected chi connectivity index (χ2v) is 8.87. The van der Waals surface area contributed by atoms with Gasteiger partial charge in [0, 0.05) is 38.1 Å². The first-order valence-electron chi connectivity index (χ1n) is 11.9. The van der Waals surface area contributed by atoms with Crippen molar-refractivity contribution in [3.8, 4) is 11.1 Å². The van der Waals surface area contributed by atoms with E-state index in [1.54, 1.807) is 41.3 Å². The molecule has 1 saturated heterocycles. The van der Waals surface area contributed by atoms with Crippen LogP contribution < -0.4 is 5.32 Å². The Kier molecular flexibility index (Phi) is 7.71. The van der Waals surface area contributed by atoms with Crippen LogP contribution in [-0.4, -0.2) is 37.3 Å². The molecule has 0 aliphatic carbocycles. The predicted molar refractivity (Wildman–Crippen MR) is 131 cm³/mol. The molecular formula is C28H27F3N2O4. The van der Waals surface area contributed by atoms with Crippen molar-refractivity contribution in [1.82, 2.24) is 10.2 Å². The van der Waals surface area contributed by atoms with Gasteiger partial charge in [-0.25, -0.2) is 22.8 Å². The quantitative estimate of drug-likeness (QED) is 0.403. The van der Waals surface area contributed by atoms with Crippen molar-refractivity contribution in [3.63, 3.8) is 0 Å². The van der Waals surface area contributed by atoms with Crippen molar-refractivity contribution >= 4 is 12.2 Å². The zero-order chi connectivity index (χ0) is 26.6. The Morgan fingerprint density at radius 3 is 2.35 bits per heavy atom. The third-order valence-electron chi connectivity index (χ3n) is 6.69. The summed E-state index contributed by atoms with van der Waals surface area (Å²) in [6, 6.07) is 15.8. The zero-order valence-electron chi connectivity index (χ0n) is 20.5. The summed E-state index contributed by atoms with van der Waals surface area (Å²) in [7, 11) is 1.45. The van der Waals surface area contributed by atoms with Gasteiger partial charge in [0.2, 0.25) is 0 Å².